The summed E-state index contributed by atoms with van der Waals surface area (Å²) in [5.41, 5.74) is 6.44. The Morgan fingerprint density at radius 2 is 1.73 bits per heavy atom. The molecule has 1 aliphatic heterocycles. The maximum absolute atomic E-state index is 12.5. The van der Waals surface area contributed by atoms with Crippen molar-refractivity contribution in [2.24, 2.45) is 5.92 Å². The van der Waals surface area contributed by atoms with Gasteiger partial charge in [-0.15, -0.1) is 0 Å². The van der Waals surface area contributed by atoms with Crippen molar-refractivity contribution in [3.05, 3.63) is 59.7 Å². The Bertz CT molecular complexity index is 956. The number of hydrazine groups is 1. The van der Waals surface area contributed by atoms with E-state index in [2.05, 4.69) is 10.9 Å². The summed E-state index contributed by atoms with van der Waals surface area (Å²) >= 11 is 0. The lowest BCUT2D eigenvalue weighted by atomic mass is 9.95. The van der Waals surface area contributed by atoms with Crippen LogP contribution in [0.2, 0.25) is 0 Å². The van der Waals surface area contributed by atoms with Crippen molar-refractivity contribution in [2.75, 3.05) is 26.8 Å². The number of aryl methyl sites for hydroxylation is 1. The molecule has 3 amide bonds. The van der Waals surface area contributed by atoms with Gasteiger partial charge in [-0.3, -0.25) is 25.2 Å². The van der Waals surface area contributed by atoms with Crippen LogP contribution in [0.4, 0.5) is 0 Å². The minimum atomic E-state index is -0.446. The molecule has 0 aromatic heterocycles. The number of carbonyl (C=O) groups excluding carboxylic acids is 3. The third-order valence-corrected chi connectivity index (χ3v) is 5.71. The summed E-state index contributed by atoms with van der Waals surface area (Å²) in [4.78, 5) is 39.2. The second-order valence-corrected chi connectivity index (χ2v) is 7.88. The fraction of sp³-hybridized carbons (Fsp3) is 0.400. The highest BCUT2D eigenvalue weighted by molar-refractivity contribution is 5.96. The van der Waals surface area contributed by atoms with Crippen molar-refractivity contribution < 1.29 is 23.9 Å². The first kappa shape index (κ1) is 24.1. The molecule has 0 unspecified atom stereocenters. The summed E-state index contributed by atoms with van der Waals surface area (Å²) in [6.45, 7) is 3.42. The molecule has 2 aromatic rings. The van der Waals surface area contributed by atoms with Gasteiger partial charge >= 0.3 is 0 Å². The van der Waals surface area contributed by atoms with Crippen LogP contribution in [0.15, 0.2) is 48.5 Å². The molecular weight excluding hydrogens is 422 g/mol. The number of hydrogen-bond donors (Lipinski definition) is 2. The Labute approximate surface area is 194 Å². The van der Waals surface area contributed by atoms with Crippen LogP contribution in [-0.2, 0) is 16.0 Å². The van der Waals surface area contributed by atoms with Gasteiger partial charge in [0.1, 0.15) is 0 Å². The fourth-order valence-electron chi connectivity index (χ4n) is 3.82. The first-order valence-corrected chi connectivity index (χ1v) is 11.2. The summed E-state index contributed by atoms with van der Waals surface area (Å²) in [5, 5.41) is 0. The monoisotopic (exact) mass is 453 g/mol. The minimum absolute atomic E-state index is 0.107. The Morgan fingerprint density at radius 3 is 2.39 bits per heavy atom. The Kier molecular flexibility index (Phi) is 8.69. The van der Waals surface area contributed by atoms with E-state index in [4.69, 9.17) is 9.47 Å². The Balaban J connectivity index is 1.42. The number of benzene rings is 2. The topological polar surface area (TPSA) is 97.0 Å². The van der Waals surface area contributed by atoms with Gasteiger partial charge in [-0.2, -0.15) is 0 Å². The number of nitrogens with zero attached hydrogens (tertiary/aromatic N) is 1. The zero-order chi connectivity index (χ0) is 23.6. The summed E-state index contributed by atoms with van der Waals surface area (Å²) in [6, 6.07) is 14.7. The highest BCUT2D eigenvalue weighted by atomic mass is 16.5. The molecule has 33 heavy (non-hydrogen) atoms. The predicted molar refractivity (Wildman–Crippen MR) is 124 cm³/mol. The van der Waals surface area contributed by atoms with E-state index in [1.807, 2.05) is 42.2 Å². The number of likely N-dealkylation sites (tertiary alicyclic amines) is 1. The molecule has 0 radical (unpaired) electrons. The molecule has 1 fully saturated rings. The molecular formula is C25H31N3O5. The minimum Gasteiger partial charge on any atom is -0.493 e. The molecule has 1 saturated heterocycles. The van der Waals surface area contributed by atoms with E-state index in [0.717, 1.165) is 5.56 Å². The second kappa shape index (κ2) is 11.9. The van der Waals surface area contributed by atoms with Crippen molar-refractivity contribution in [2.45, 2.75) is 32.6 Å². The molecule has 0 saturated carbocycles. The molecule has 1 heterocycles. The number of hydrogen-bond acceptors (Lipinski definition) is 5. The second-order valence-electron chi connectivity index (χ2n) is 7.88. The molecule has 176 valence electrons. The summed E-state index contributed by atoms with van der Waals surface area (Å²) in [7, 11) is 1.50. The Hall–Kier alpha value is -3.55. The van der Waals surface area contributed by atoms with E-state index in [0.29, 0.717) is 62.4 Å². The van der Waals surface area contributed by atoms with Crippen molar-refractivity contribution in [1.82, 2.24) is 15.8 Å². The average molecular weight is 454 g/mol. The largest absolute Gasteiger partial charge is 0.493 e. The maximum atomic E-state index is 12.5. The number of methoxy groups -OCH3 is 1. The summed E-state index contributed by atoms with van der Waals surface area (Å²) < 4.78 is 10.7. The number of rotatable bonds is 8. The third-order valence-electron chi connectivity index (χ3n) is 5.71. The van der Waals surface area contributed by atoms with Crippen molar-refractivity contribution >= 4 is 17.7 Å². The standard InChI is InChI=1S/C25H31N3O5/c1-3-33-21-11-10-20(17-22(21)32-2)25(31)27-26-24(30)19-13-15-28(16-14-19)23(29)12-9-18-7-5-4-6-8-18/h4-8,10-11,17,19H,3,9,12-16H2,1-2H3,(H,26,30)(H,27,31). The van der Waals surface area contributed by atoms with Gasteiger partial charge in [0.2, 0.25) is 11.8 Å². The molecule has 2 N–H and O–H groups in total. The van der Waals surface area contributed by atoms with E-state index < -0.39 is 5.91 Å². The number of amides is 3. The molecule has 1 aliphatic rings. The van der Waals surface area contributed by atoms with Crippen LogP contribution in [0.5, 0.6) is 11.5 Å². The van der Waals surface area contributed by atoms with Crippen LogP contribution in [0.25, 0.3) is 0 Å². The van der Waals surface area contributed by atoms with Crippen LogP contribution in [0.1, 0.15) is 42.1 Å². The van der Waals surface area contributed by atoms with Crippen molar-refractivity contribution in [3.63, 3.8) is 0 Å². The molecule has 8 heteroatoms. The summed E-state index contributed by atoms with van der Waals surface area (Å²) in [6.07, 6.45) is 2.30. The van der Waals surface area contributed by atoms with Gasteiger partial charge in [-0.25, -0.2) is 0 Å². The molecule has 0 spiro atoms. The van der Waals surface area contributed by atoms with Crippen molar-refractivity contribution in [1.29, 1.82) is 0 Å². The van der Waals surface area contributed by atoms with Crippen LogP contribution in [0.3, 0.4) is 0 Å². The van der Waals surface area contributed by atoms with Crippen LogP contribution < -0.4 is 20.3 Å². The lowest BCUT2D eigenvalue weighted by molar-refractivity contribution is -0.135. The van der Waals surface area contributed by atoms with E-state index in [1.54, 1.807) is 18.2 Å². The number of ether oxygens (including phenoxy) is 2. The predicted octanol–water partition coefficient (Wildman–Crippen LogP) is 2.73. The van der Waals surface area contributed by atoms with Crippen LogP contribution in [0, 0.1) is 5.92 Å². The molecule has 0 bridgehead atoms. The highest BCUT2D eigenvalue weighted by Crippen LogP contribution is 2.28. The van der Waals surface area contributed by atoms with Gasteiger partial charge in [0.15, 0.2) is 11.5 Å². The molecule has 8 nitrogen and oxygen atoms in total. The lowest BCUT2D eigenvalue weighted by Gasteiger charge is -2.31. The van der Waals surface area contributed by atoms with E-state index in [1.165, 1.54) is 7.11 Å². The molecule has 3 rings (SSSR count). The smallest absolute Gasteiger partial charge is 0.269 e. The van der Waals surface area contributed by atoms with Crippen LogP contribution in [-0.4, -0.2) is 49.4 Å². The van der Waals surface area contributed by atoms with E-state index in [-0.39, 0.29) is 17.7 Å². The average Bonchev–Trinajstić information content (AvgIpc) is 2.86. The third kappa shape index (κ3) is 6.71. The number of nitrogens with one attached hydrogen (secondary N) is 2. The first-order valence-electron chi connectivity index (χ1n) is 11.2. The lowest BCUT2D eigenvalue weighted by Crippen LogP contribution is -2.48. The summed E-state index contributed by atoms with van der Waals surface area (Å²) in [5.74, 6) is 0.149. The molecule has 2 aromatic carbocycles. The van der Waals surface area contributed by atoms with Gasteiger partial charge in [0.25, 0.3) is 5.91 Å². The van der Waals surface area contributed by atoms with Gasteiger partial charge in [-0.05, 0) is 49.9 Å². The molecule has 0 aliphatic carbocycles. The van der Waals surface area contributed by atoms with Crippen molar-refractivity contribution in [3.8, 4) is 11.5 Å². The number of piperidine rings is 1. The van der Waals surface area contributed by atoms with Gasteiger partial charge in [0, 0.05) is 31.0 Å². The van der Waals surface area contributed by atoms with Crippen LogP contribution >= 0.6 is 0 Å². The maximum Gasteiger partial charge on any atom is 0.269 e. The zero-order valence-electron chi connectivity index (χ0n) is 19.1. The molecule has 0 atom stereocenters. The highest BCUT2D eigenvalue weighted by Gasteiger charge is 2.27. The SMILES string of the molecule is CCOc1ccc(C(=O)NNC(=O)C2CCN(C(=O)CCc3ccccc3)CC2)cc1OC. The zero-order valence-corrected chi connectivity index (χ0v) is 19.1. The van der Waals surface area contributed by atoms with Gasteiger partial charge < -0.3 is 14.4 Å². The van der Waals surface area contributed by atoms with Gasteiger partial charge in [-0.1, -0.05) is 30.3 Å². The number of carbonyl (C=O) groups is 3. The first-order chi connectivity index (χ1) is 16.0. The normalized spacial score (nSPS) is 13.8. The van der Waals surface area contributed by atoms with Gasteiger partial charge in [0.05, 0.1) is 13.7 Å². The quantitative estimate of drug-likeness (QED) is 0.599. The van der Waals surface area contributed by atoms with E-state index in [9.17, 15) is 14.4 Å². The Morgan fingerprint density at radius 1 is 1.00 bits per heavy atom. The van der Waals surface area contributed by atoms with E-state index >= 15 is 0 Å². The fourth-order valence-corrected chi connectivity index (χ4v) is 3.82.